The summed E-state index contributed by atoms with van der Waals surface area (Å²) in [5.41, 5.74) is 8.01. The van der Waals surface area contributed by atoms with Crippen LogP contribution in [0.2, 0.25) is 5.02 Å². The van der Waals surface area contributed by atoms with E-state index in [4.69, 9.17) is 26.5 Å². The first kappa shape index (κ1) is 14.1. The van der Waals surface area contributed by atoms with Gasteiger partial charge in [-0.05, 0) is 19.9 Å². The van der Waals surface area contributed by atoms with Gasteiger partial charge < -0.3 is 14.9 Å². The number of furan rings is 1. The Morgan fingerprint density at radius 2 is 2.26 bits per heavy atom. The van der Waals surface area contributed by atoms with Crippen LogP contribution >= 0.6 is 11.6 Å². The Labute approximate surface area is 117 Å². The SMILES string of the molecule is COCCn1ncc(Cl)c1C(N)c1cc(C)oc1C. The van der Waals surface area contributed by atoms with E-state index in [1.54, 1.807) is 18.0 Å². The molecule has 6 heteroatoms. The van der Waals surface area contributed by atoms with Gasteiger partial charge >= 0.3 is 0 Å². The van der Waals surface area contributed by atoms with Gasteiger partial charge in [0.25, 0.3) is 0 Å². The molecule has 0 aromatic carbocycles. The number of aromatic nitrogens is 2. The zero-order chi connectivity index (χ0) is 14.0. The lowest BCUT2D eigenvalue weighted by Gasteiger charge is -2.14. The zero-order valence-corrected chi connectivity index (χ0v) is 12.1. The number of aryl methyl sites for hydroxylation is 2. The monoisotopic (exact) mass is 283 g/mol. The molecular formula is C13H18ClN3O2. The standard InChI is InChI=1S/C13H18ClN3O2/c1-8-6-10(9(2)19-8)12(15)13-11(14)7-16-17(13)4-5-18-3/h6-7,12H,4-5,15H2,1-3H3. The fourth-order valence-corrected chi connectivity index (χ4v) is 2.40. The van der Waals surface area contributed by atoms with Gasteiger partial charge in [0.05, 0.1) is 36.1 Å². The molecule has 0 spiro atoms. The van der Waals surface area contributed by atoms with Crippen LogP contribution in [0.1, 0.15) is 28.8 Å². The van der Waals surface area contributed by atoms with Crippen molar-refractivity contribution in [3.8, 4) is 0 Å². The highest BCUT2D eigenvalue weighted by Crippen LogP contribution is 2.29. The Kier molecular flexibility index (Phi) is 4.29. The van der Waals surface area contributed by atoms with Crippen LogP contribution in [-0.2, 0) is 11.3 Å². The van der Waals surface area contributed by atoms with Crippen LogP contribution in [0, 0.1) is 13.8 Å². The van der Waals surface area contributed by atoms with E-state index < -0.39 is 0 Å². The van der Waals surface area contributed by atoms with Crippen LogP contribution in [0.25, 0.3) is 0 Å². The maximum Gasteiger partial charge on any atom is 0.106 e. The van der Waals surface area contributed by atoms with Gasteiger partial charge in [-0.3, -0.25) is 4.68 Å². The lowest BCUT2D eigenvalue weighted by molar-refractivity contribution is 0.182. The maximum atomic E-state index is 6.30. The third kappa shape index (κ3) is 2.83. The van der Waals surface area contributed by atoms with E-state index in [1.807, 2.05) is 19.9 Å². The lowest BCUT2D eigenvalue weighted by Crippen LogP contribution is -2.19. The molecule has 0 bridgehead atoms. The summed E-state index contributed by atoms with van der Waals surface area (Å²) < 4.78 is 12.4. The number of rotatable bonds is 5. The summed E-state index contributed by atoms with van der Waals surface area (Å²) in [6.07, 6.45) is 1.61. The van der Waals surface area contributed by atoms with Gasteiger partial charge in [-0.15, -0.1) is 0 Å². The van der Waals surface area contributed by atoms with Gasteiger partial charge in [-0.1, -0.05) is 11.6 Å². The highest BCUT2D eigenvalue weighted by molar-refractivity contribution is 6.31. The van der Waals surface area contributed by atoms with Gasteiger partial charge in [-0.2, -0.15) is 5.10 Å². The zero-order valence-electron chi connectivity index (χ0n) is 11.3. The minimum absolute atomic E-state index is 0.357. The average molecular weight is 284 g/mol. The van der Waals surface area contributed by atoms with E-state index in [-0.39, 0.29) is 6.04 Å². The Morgan fingerprint density at radius 3 is 2.84 bits per heavy atom. The summed E-state index contributed by atoms with van der Waals surface area (Å²) >= 11 is 6.19. The van der Waals surface area contributed by atoms with Crippen LogP contribution < -0.4 is 5.73 Å². The second kappa shape index (κ2) is 5.77. The van der Waals surface area contributed by atoms with Crippen molar-refractivity contribution < 1.29 is 9.15 Å². The fraction of sp³-hybridized carbons (Fsp3) is 0.462. The fourth-order valence-electron chi connectivity index (χ4n) is 2.14. The van der Waals surface area contributed by atoms with Crippen molar-refractivity contribution in [1.82, 2.24) is 9.78 Å². The Bertz CT molecular complexity index is 562. The third-order valence-electron chi connectivity index (χ3n) is 3.05. The van der Waals surface area contributed by atoms with E-state index in [2.05, 4.69) is 5.10 Å². The van der Waals surface area contributed by atoms with Gasteiger partial charge in [0.2, 0.25) is 0 Å². The normalized spacial score (nSPS) is 12.9. The first-order valence-electron chi connectivity index (χ1n) is 6.07. The van der Waals surface area contributed by atoms with Crippen molar-refractivity contribution in [2.24, 2.45) is 5.73 Å². The average Bonchev–Trinajstić information content (AvgIpc) is 2.89. The van der Waals surface area contributed by atoms with Crippen molar-refractivity contribution in [3.05, 3.63) is 40.1 Å². The summed E-state index contributed by atoms with van der Waals surface area (Å²) in [7, 11) is 1.65. The van der Waals surface area contributed by atoms with E-state index >= 15 is 0 Å². The lowest BCUT2D eigenvalue weighted by atomic mass is 10.1. The molecule has 2 N–H and O–H groups in total. The van der Waals surface area contributed by atoms with E-state index in [9.17, 15) is 0 Å². The minimum atomic E-state index is -0.357. The molecule has 0 saturated heterocycles. The van der Waals surface area contributed by atoms with Crippen molar-refractivity contribution in [2.75, 3.05) is 13.7 Å². The van der Waals surface area contributed by atoms with Crippen molar-refractivity contribution >= 4 is 11.6 Å². The van der Waals surface area contributed by atoms with Crippen LogP contribution in [0.15, 0.2) is 16.7 Å². The van der Waals surface area contributed by atoms with Crippen LogP contribution in [0.4, 0.5) is 0 Å². The predicted molar refractivity (Wildman–Crippen MR) is 73.3 cm³/mol. The van der Waals surface area contributed by atoms with Crippen LogP contribution in [-0.4, -0.2) is 23.5 Å². The molecule has 1 unspecified atom stereocenters. The summed E-state index contributed by atoms with van der Waals surface area (Å²) in [6.45, 7) is 4.96. The maximum absolute atomic E-state index is 6.30. The molecule has 0 aliphatic carbocycles. The Balaban J connectivity index is 2.35. The molecule has 0 radical (unpaired) electrons. The van der Waals surface area contributed by atoms with Crippen molar-refractivity contribution in [3.63, 3.8) is 0 Å². The predicted octanol–water partition coefficient (Wildman–Crippen LogP) is 2.44. The number of hydrogen-bond donors (Lipinski definition) is 1. The molecule has 2 heterocycles. The number of hydrogen-bond acceptors (Lipinski definition) is 4. The number of nitrogens with zero attached hydrogens (tertiary/aromatic N) is 2. The topological polar surface area (TPSA) is 66.2 Å². The smallest absolute Gasteiger partial charge is 0.106 e. The van der Waals surface area contributed by atoms with Gasteiger partial charge in [0.1, 0.15) is 11.5 Å². The van der Waals surface area contributed by atoms with E-state index in [0.717, 1.165) is 22.8 Å². The van der Waals surface area contributed by atoms with Gasteiger partial charge in [-0.25, -0.2) is 0 Å². The quantitative estimate of drug-likeness (QED) is 0.915. The van der Waals surface area contributed by atoms with E-state index in [1.165, 1.54) is 0 Å². The summed E-state index contributed by atoms with van der Waals surface area (Å²) in [6, 6.07) is 1.58. The Morgan fingerprint density at radius 1 is 1.53 bits per heavy atom. The first-order valence-corrected chi connectivity index (χ1v) is 6.45. The molecule has 19 heavy (non-hydrogen) atoms. The Hall–Kier alpha value is -1.30. The van der Waals surface area contributed by atoms with Crippen LogP contribution in [0.3, 0.4) is 0 Å². The molecule has 0 fully saturated rings. The highest BCUT2D eigenvalue weighted by Gasteiger charge is 2.22. The van der Waals surface area contributed by atoms with Crippen molar-refractivity contribution in [2.45, 2.75) is 26.4 Å². The number of methoxy groups -OCH3 is 1. The molecule has 0 aliphatic heterocycles. The first-order chi connectivity index (χ1) is 9.04. The molecule has 0 aliphatic rings. The molecule has 0 saturated carbocycles. The summed E-state index contributed by atoms with van der Waals surface area (Å²) in [4.78, 5) is 0. The largest absolute Gasteiger partial charge is 0.466 e. The van der Waals surface area contributed by atoms with Gasteiger partial charge in [0, 0.05) is 12.7 Å². The summed E-state index contributed by atoms with van der Waals surface area (Å²) in [5.74, 6) is 1.64. The molecule has 2 aromatic heterocycles. The number of nitrogens with two attached hydrogens (primary N) is 1. The van der Waals surface area contributed by atoms with Crippen molar-refractivity contribution in [1.29, 1.82) is 0 Å². The molecule has 104 valence electrons. The molecule has 2 aromatic rings. The highest BCUT2D eigenvalue weighted by atomic mass is 35.5. The van der Waals surface area contributed by atoms with E-state index in [0.29, 0.717) is 18.2 Å². The molecule has 2 rings (SSSR count). The number of ether oxygens (including phenoxy) is 1. The molecule has 1 atom stereocenters. The molecular weight excluding hydrogens is 266 g/mol. The van der Waals surface area contributed by atoms with Gasteiger partial charge in [0.15, 0.2) is 0 Å². The minimum Gasteiger partial charge on any atom is -0.466 e. The molecule has 5 nitrogen and oxygen atoms in total. The van der Waals surface area contributed by atoms with Crippen LogP contribution in [0.5, 0.6) is 0 Å². The number of halogens is 1. The molecule has 0 amide bonds. The second-order valence-corrected chi connectivity index (χ2v) is 4.85. The summed E-state index contributed by atoms with van der Waals surface area (Å²) in [5, 5.41) is 4.79. The second-order valence-electron chi connectivity index (χ2n) is 4.44. The third-order valence-corrected chi connectivity index (χ3v) is 3.34.